The van der Waals surface area contributed by atoms with Crippen LogP contribution in [0.2, 0.25) is 5.02 Å². The summed E-state index contributed by atoms with van der Waals surface area (Å²) in [5.74, 6) is 0. The van der Waals surface area contributed by atoms with Crippen LogP contribution in [0.1, 0.15) is 32.8 Å². The number of hydrogen-bond acceptors (Lipinski definition) is 2. The molecule has 0 amide bonds. The van der Waals surface area contributed by atoms with Gasteiger partial charge in [0.25, 0.3) is 0 Å². The van der Waals surface area contributed by atoms with Crippen LogP contribution in [0.15, 0.2) is 18.2 Å². The van der Waals surface area contributed by atoms with Gasteiger partial charge in [-0.05, 0) is 44.9 Å². The van der Waals surface area contributed by atoms with Gasteiger partial charge in [-0.3, -0.25) is 0 Å². The molecule has 2 nitrogen and oxygen atoms in total. The Labute approximate surface area is 115 Å². The van der Waals surface area contributed by atoms with E-state index in [0.717, 1.165) is 24.5 Å². The molecule has 1 aliphatic rings. The van der Waals surface area contributed by atoms with E-state index in [2.05, 4.69) is 56.1 Å². The molecule has 0 aliphatic carbocycles. The molecule has 0 spiro atoms. The second-order valence-corrected chi connectivity index (χ2v) is 6.32. The van der Waals surface area contributed by atoms with Crippen molar-refractivity contribution in [2.45, 2.75) is 45.7 Å². The zero-order valence-electron chi connectivity index (χ0n) is 11.8. The van der Waals surface area contributed by atoms with Gasteiger partial charge in [-0.1, -0.05) is 24.6 Å². The Morgan fingerprint density at radius 2 is 2.17 bits per heavy atom. The third kappa shape index (κ3) is 2.81. The SMILES string of the molecule is CCC1CNC(C)(C)CN1c1ccc(C)cc1Cl. The molecule has 100 valence electrons. The van der Waals surface area contributed by atoms with Crippen molar-refractivity contribution in [3.63, 3.8) is 0 Å². The van der Waals surface area contributed by atoms with Crippen LogP contribution in [0.5, 0.6) is 0 Å². The molecule has 0 saturated carbocycles. The highest BCUT2D eigenvalue weighted by atomic mass is 35.5. The number of halogens is 1. The molecule has 2 rings (SSSR count). The van der Waals surface area contributed by atoms with Crippen LogP contribution in [-0.4, -0.2) is 24.7 Å². The molecule has 1 atom stereocenters. The lowest BCUT2D eigenvalue weighted by molar-refractivity contribution is 0.306. The Kier molecular flexibility index (Phi) is 3.88. The van der Waals surface area contributed by atoms with Crippen molar-refractivity contribution in [3.05, 3.63) is 28.8 Å². The predicted molar refractivity (Wildman–Crippen MR) is 79.7 cm³/mol. The van der Waals surface area contributed by atoms with E-state index in [0.29, 0.717) is 6.04 Å². The Bertz CT molecular complexity index is 429. The van der Waals surface area contributed by atoms with Gasteiger partial charge in [-0.2, -0.15) is 0 Å². The summed E-state index contributed by atoms with van der Waals surface area (Å²) in [7, 11) is 0. The van der Waals surface area contributed by atoms with Crippen molar-refractivity contribution in [2.24, 2.45) is 0 Å². The highest BCUT2D eigenvalue weighted by molar-refractivity contribution is 6.33. The summed E-state index contributed by atoms with van der Waals surface area (Å²) in [5, 5.41) is 4.47. The highest BCUT2D eigenvalue weighted by Gasteiger charge is 2.32. The fourth-order valence-electron chi connectivity index (χ4n) is 2.61. The first-order valence-corrected chi connectivity index (χ1v) is 7.08. The fraction of sp³-hybridized carbons (Fsp3) is 0.600. The van der Waals surface area contributed by atoms with Crippen molar-refractivity contribution >= 4 is 17.3 Å². The average molecular weight is 267 g/mol. The lowest BCUT2D eigenvalue weighted by Gasteiger charge is -2.46. The first-order valence-electron chi connectivity index (χ1n) is 6.71. The maximum atomic E-state index is 6.42. The van der Waals surface area contributed by atoms with Crippen LogP contribution in [0.4, 0.5) is 5.69 Å². The number of benzene rings is 1. The topological polar surface area (TPSA) is 15.3 Å². The molecule has 1 aromatic carbocycles. The molecule has 0 bridgehead atoms. The van der Waals surface area contributed by atoms with E-state index in [1.165, 1.54) is 11.3 Å². The molecule has 1 saturated heterocycles. The quantitative estimate of drug-likeness (QED) is 0.880. The second-order valence-electron chi connectivity index (χ2n) is 5.91. The number of aryl methyl sites for hydroxylation is 1. The highest BCUT2D eigenvalue weighted by Crippen LogP contribution is 2.31. The largest absolute Gasteiger partial charge is 0.364 e. The van der Waals surface area contributed by atoms with Crippen LogP contribution in [0.25, 0.3) is 0 Å². The summed E-state index contributed by atoms with van der Waals surface area (Å²) in [6.07, 6.45) is 1.13. The number of nitrogens with zero attached hydrogens (tertiary/aromatic N) is 1. The van der Waals surface area contributed by atoms with Gasteiger partial charge >= 0.3 is 0 Å². The fourth-order valence-corrected chi connectivity index (χ4v) is 2.95. The summed E-state index contributed by atoms with van der Waals surface area (Å²) in [5.41, 5.74) is 2.52. The second kappa shape index (κ2) is 5.10. The molecule has 1 heterocycles. The van der Waals surface area contributed by atoms with Crippen molar-refractivity contribution in [1.29, 1.82) is 0 Å². The predicted octanol–water partition coefficient (Wildman–Crippen LogP) is 3.62. The minimum absolute atomic E-state index is 0.139. The lowest BCUT2D eigenvalue weighted by atomic mass is 9.96. The molecule has 1 aromatic rings. The van der Waals surface area contributed by atoms with Crippen molar-refractivity contribution in [2.75, 3.05) is 18.0 Å². The van der Waals surface area contributed by atoms with E-state index in [1.54, 1.807) is 0 Å². The van der Waals surface area contributed by atoms with Crippen molar-refractivity contribution in [3.8, 4) is 0 Å². The van der Waals surface area contributed by atoms with Crippen LogP contribution >= 0.6 is 11.6 Å². The van der Waals surface area contributed by atoms with Gasteiger partial charge < -0.3 is 10.2 Å². The van der Waals surface area contributed by atoms with Crippen LogP contribution in [-0.2, 0) is 0 Å². The third-order valence-electron chi connectivity index (χ3n) is 3.71. The third-order valence-corrected chi connectivity index (χ3v) is 4.01. The Hall–Kier alpha value is -0.730. The number of hydrogen-bond donors (Lipinski definition) is 1. The van der Waals surface area contributed by atoms with Gasteiger partial charge in [0.1, 0.15) is 0 Å². The van der Waals surface area contributed by atoms with Gasteiger partial charge in [0.2, 0.25) is 0 Å². The zero-order valence-corrected chi connectivity index (χ0v) is 12.5. The summed E-state index contributed by atoms with van der Waals surface area (Å²) >= 11 is 6.42. The molecule has 3 heteroatoms. The van der Waals surface area contributed by atoms with Gasteiger partial charge in [0, 0.05) is 24.7 Å². The van der Waals surface area contributed by atoms with E-state index in [1.807, 2.05) is 0 Å². The average Bonchev–Trinajstić information content (AvgIpc) is 2.28. The normalized spacial score (nSPS) is 23.2. The van der Waals surface area contributed by atoms with E-state index in [9.17, 15) is 0 Å². The Morgan fingerprint density at radius 3 is 2.78 bits per heavy atom. The molecule has 1 unspecified atom stereocenters. The number of anilines is 1. The number of rotatable bonds is 2. The van der Waals surface area contributed by atoms with Gasteiger partial charge in [-0.15, -0.1) is 0 Å². The molecule has 18 heavy (non-hydrogen) atoms. The standard InChI is InChI=1S/C15H23ClN2/c1-5-12-9-17-15(3,4)10-18(12)14-7-6-11(2)8-13(14)16/h6-8,12,17H,5,9-10H2,1-4H3. The van der Waals surface area contributed by atoms with E-state index < -0.39 is 0 Å². The number of nitrogens with one attached hydrogen (secondary N) is 1. The summed E-state index contributed by atoms with van der Waals surface area (Å²) in [6, 6.07) is 6.88. The first kappa shape index (κ1) is 13.7. The molecule has 1 N–H and O–H groups in total. The lowest BCUT2D eigenvalue weighted by Crippen LogP contribution is -2.61. The van der Waals surface area contributed by atoms with Crippen molar-refractivity contribution in [1.82, 2.24) is 5.32 Å². The Morgan fingerprint density at radius 1 is 1.44 bits per heavy atom. The summed E-state index contributed by atoms with van der Waals surface area (Å²) < 4.78 is 0. The summed E-state index contributed by atoms with van der Waals surface area (Å²) in [4.78, 5) is 2.46. The van der Waals surface area contributed by atoms with E-state index in [-0.39, 0.29) is 5.54 Å². The van der Waals surface area contributed by atoms with Gasteiger partial charge in [0.05, 0.1) is 10.7 Å². The van der Waals surface area contributed by atoms with Crippen LogP contribution in [0.3, 0.4) is 0 Å². The minimum Gasteiger partial charge on any atom is -0.364 e. The summed E-state index contributed by atoms with van der Waals surface area (Å²) in [6.45, 7) is 10.8. The van der Waals surface area contributed by atoms with Gasteiger partial charge in [0.15, 0.2) is 0 Å². The zero-order chi connectivity index (χ0) is 13.3. The smallest absolute Gasteiger partial charge is 0.0642 e. The van der Waals surface area contributed by atoms with Crippen LogP contribution in [0, 0.1) is 6.92 Å². The molecular formula is C15H23ClN2. The monoisotopic (exact) mass is 266 g/mol. The molecule has 1 fully saturated rings. The minimum atomic E-state index is 0.139. The first-order chi connectivity index (χ1) is 8.43. The maximum absolute atomic E-state index is 6.42. The number of piperazine rings is 1. The molecular weight excluding hydrogens is 244 g/mol. The maximum Gasteiger partial charge on any atom is 0.0642 e. The Balaban J connectivity index is 2.32. The van der Waals surface area contributed by atoms with E-state index in [4.69, 9.17) is 11.6 Å². The molecule has 0 aromatic heterocycles. The van der Waals surface area contributed by atoms with Crippen molar-refractivity contribution < 1.29 is 0 Å². The van der Waals surface area contributed by atoms with Gasteiger partial charge in [-0.25, -0.2) is 0 Å². The van der Waals surface area contributed by atoms with Crippen LogP contribution < -0.4 is 10.2 Å². The molecule has 0 radical (unpaired) electrons. The van der Waals surface area contributed by atoms with E-state index >= 15 is 0 Å². The molecule has 1 aliphatic heterocycles.